The number of halogens is 6. The molecule has 7 N–H and O–H groups in total. The molecular formula is C107H150Br6N6O19S2. The van der Waals surface area contributed by atoms with Gasteiger partial charge in [-0.1, -0.05) is 198 Å². The molecule has 0 aromatic heterocycles. The van der Waals surface area contributed by atoms with E-state index in [1.807, 2.05) is 40.4 Å². The molecule has 6 spiro atoms. The number of carbonyl (C=O) groups excluding carboxylic acids is 4. The summed E-state index contributed by atoms with van der Waals surface area (Å²) in [5, 5.41) is 15.2. The number of carbonyl (C=O) groups is 5. The average molecular weight is 2370 g/mol. The van der Waals surface area contributed by atoms with E-state index in [2.05, 4.69) is 252 Å². The van der Waals surface area contributed by atoms with Crippen LogP contribution in [-0.4, -0.2) is 225 Å². The van der Waals surface area contributed by atoms with Gasteiger partial charge in [0.2, 0.25) is 0 Å². The largest absolute Gasteiger partial charge is 0.479 e. The van der Waals surface area contributed by atoms with Crippen molar-refractivity contribution in [2.75, 3.05) is 105 Å². The van der Waals surface area contributed by atoms with Crippen LogP contribution in [0, 0.1) is 32.5 Å². The minimum Gasteiger partial charge on any atom is -0.479 e. The van der Waals surface area contributed by atoms with Crippen LogP contribution in [0.25, 0.3) is 0 Å². The first-order valence-electron chi connectivity index (χ1n) is 48.6. The van der Waals surface area contributed by atoms with Crippen molar-refractivity contribution in [3.05, 3.63) is 206 Å². The van der Waals surface area contributed by atoms with Crippen molar-refractivity contribution in [2.24, 2.45) is 32.5 Å². The fourth-order valence-electron chi connectivity index (χ4n) is 22.9. The number of rotatable bonds is 10. The van der Waals surface area contributed by atoms with E-state index in [1.54, 1.807) is 11.1 Å². The quantitative estimate of drug-likeness (QED) is 0.0626. The maximum absolute atomic E-state index is 12.4. The first-order valence-corrected chi connectivity index (χ1v) is 56.2. The lowest BCUT2D eigenvalue weighted by molar-refractivity contribution is -0.147. The highest BCUT2D eigenvalue weighted by atomic mass is 79.9. The van der Waals surface area contributed by atoms with Crippen molar-refractivity contribution in [1.82, 2.24) is 30.2 Å². The van der Waals surface area contributed by atoms with Crippen LogP contribution >= 0.6 is 95.6 Å². The first kappa shape index (κ1) is 117. The van der Waals surface area contributed by atoms with Gasteiger partial charge in [0.15, 0.2) is 6.10 Å². The number of hydrogen-bond donors (Lipinski definition) is 7. The van der Waals surface area contributed by atoms with Crippen molar-refractivity contribution in [3.63, 3.8) is 0 Å². The van der Waals surface area contributed by atoms with E-state index in [0.717, 1.165) is 198 Å². The Morgan fingerprint density at radius 1 is 0.321 bits per heavy atom. The summed E-state index contributed by atoms with van der Waals surface area (Å²) in [7, 11) is -9.33. The second-order valence-electron chi connectivity index (χ2n) is 41.2. The van der Waals surface area contributed by atoms with Gasteiger partial charge < -0.3 is 59.0 Å². The Kier molecular flexibility index (Phi) is 42.7. The van der Waals surface area contributed by atoms with Crippen LogP contribution < -0.4 is 10.6 Å². The van der Waals surface area contributed by atoms with Crippen molar-refractivity contribution in [2.45, 2.75) is 283 Å². The lowest BCUT2D eigenvalue weighted by Gasteiger charge is -2.34. The minimum absolute atomic E-state index is 0. The van der Waals surface area contributed by atoms with Crippen LogP contribution in [0.5, 0.6) is 0 Å². The van der Waals surface area contributed by atoms with Crippen LogP contribution in [0.4, 0.5) is 4.79 Å². The van der Waals surface area contributed by atoms with Gasteiger partial charge in [0.1, 0.15) is 23.9 Å². The SMILES string of the molecule is Brc1ccc(C2CC23CCNCC3)cc1.Brc1ccc(C2CC23CCNCC3)cc1.C.C.C.C.CC(C)(C)OC(=O)N1CCC2(CC1)CC2c1ccc(Br)cc1.O=C(O)[C@H]1CCCO1.O=C([C@H]1CCCO1)N1CCC2(CC1)CC2c1ccc(Br)cc1.O=C([C@H]1CCCO1)N1CCC2(CC1)C[C@@H]2c1ccc(Br)cc1.O=C([C@H]1CCCO1)N1CCC2(CC1)C[C@H]2c1ccc(Br)cc1.O=S(=O)(O)O.O=S(=O)(O)O. The zero-order chi connectivity index (χ0) is 97.0. The van der Waals surface area contributed by atoms with Gasteiger partial charge in [-0.25, -0.2) is 9.59 Å². The number of ether oxygens (including phenoxy) is 5. The summed E-state index contributed by atoms with van der Waals surface area (Å²) in [6.45, 7) is 20.6. The first-order chi connectivity index (χ1) is 64.7. The number of hydrogen-bond acceptors (Lipinski definition) is 16. The number of carboxylic acid groups (broad SMARTS) is 1. The molecule has 10 atom stereocenters. The second-order valence-corrected chi connectivity index (χ2v) is 48.5. The Morgan fingerprint density at radius 3 is 0.664 bits per heavy atom. The molecule has 10 heterocycles. The number of aliphatic carboxylic acids is 1. The molecule has 10 saturated heterocycles. The summed E-state index contributed by atoms with van der Waals surface area (Å²) in [6, 6.07) is 52.8. The fraction of sp³-hybridized carbons (Fsp3) is 0.617. The monoisotopic (exact) mass is 2360 g/mol. The Labute approximate surface area is 882 Å². The topological polar surface area (TPSA) is 338 Å². The molecule has 4 unspecified atom stereocenters. The van der Waals surface area contributed by atoms with E-state index >= 15 is 0 Å². The molecular weight excluding hydrogens is 2220 g/mol. The smallest absolute Gasteiger partial charge is 0.410 e. The van der Waals surface area contributed by atoms with Gasteiger partial charge >= 0.3 is 32.9 Å². The zero-order valence-electron chi connectivity index (χ0n) is 78.2. The molecule has 0 bridgehead atoms. The van der Waals surface area contributed by atoms with E-state index in [0.29, 0.717) is 69.2 Å². The predicted molar refractivity (Wildman–Crippen MR) is 571 cm³/mol. The molecule has 0 radical (unpaired) electrons. The van der Waals surface area contributed by atoms with Crippen LogP contribution in [-0.2, 0) is 63.7 Å². The van der Waals surface area contributed by atoms with E-state index in [9.17, 15) is 24.0 Å². The lowest BCUT2D eigenvalue weighted by Crippen LogP contribution is -2.44. The lowest BCUT2D eigenvalue weighted by atomic mass is 9.88. The standard InChI is InChI=1S/3C18H22BrNO2.C18H24BrNO2.2C13H16BrN.C5H8O3.4CH4.2H2O4S/c3*19-14-5-3-13(4-6-14)15-12-18(15)7-9-20(10-8-18)17(21)16-2-1-11-22-16;1-17(2,3)22-16(21)20-10-8-18(9-11-20)12-15(18)13-4-6-14(19)7-5-13;2*14-11-3-1-10(2-4-11)12-9-13(12)5-7-15-8-6-13;6-5(7)4-2-1-3-8-4;;;;;2*1-5(2,3)4/h3*3-6,15-16H,1-2,7-12H2;4-7,15H,8-12H2,1-3H3;2*1-4,12,15H,5-9H2;4H,1-3H2,(H,6,7);4*1H4;2*(H2,1,2,3,4)/t15?,16-;15-,16+;15-,16-;;;;4-;;;;;;/m101...1....../s1. The second kappa shape index (κ2) is 51.2. The molecule has 6 aliphatic carbocycles. The molecule has 6 saturated carbocycles. The number of nitrogens with one attached hydrogen (secondary N) is 2. The van der Waals surface area contributed by atoms with Crippen LogP contribution in [0.2, 0.25) is 0 Å². The van der Waals surface area contributed by atoms with Gasteiger partial charge in [-0.05, 0) is 388 Å². The van der Waals surface area contributed by atoms with Gasteiger partial charge in [0.05, 0.1) is 0 Å². The zero-order valence-corrected chi connectivity index (χ0v) is 89.3. The Balaban J connectivity index is 0.000000167. The molecule has 33 heteroatoms. The third-order valence-corrected chi connectivity index (χ3v) is 34.6. The summed E-state index contributed by atoms with van der Waals surface area (Å²) in [5.41, 5.74) is 11.6. The Morgan fingerprint density at radius 2 is 0.500 bits per heavy atom. The normalized spacial score (nSPS) is 26.1. The summed E-state index contributed by atoms with van der Waals surface area (Å²) < 4.78 is 97.0. The number of likely N-dealkylation sites (tertiary alicyclic amines) is 4. The van der Waals surface area contributed by atoms with Gasteiger partial charge in [-0.15, -0.1) is 0 Å². The highest BCUT2D eigenvalue weighted by molar-refractivity contribution is 9.11. The molecule has 6 aromatic rings. The molecule has 16 fully saturated rings. The van der Waals surface area contributed by atoms with Crippen molar-refractivity contribution < 1.29 is 87.8 Å². The number of carboxylic acids is 1. The summed E-state index contributed by atoms with van der Waals surface area (Å²) in [4.78, 5) is 67.4. The third kappa shape index (κ3) is 32.7. The van der Waals surface area contributed by atoms with Crippen molar-refractivity contribution in [3.8, 4) is 0 Å². The average Bonchev–Trinajstić information content (AvgIpc) is 1.59. The number of piperidine rings is 6. The third-order valence-electron chi connectivity index (χ3n) is 31.4. The van der Waals surface area contributed by atoms with Gasteiger partial charge in [-0.2, -0.15) is 16.8 Å². The highest BCUT2D eigenvalue weighted by Crippen LogP contribution is 2.70. The van der Waals surface area contributed by atoms with E-state index in [4.69, 9.17) is 63.8 Å². The molecule has 776 valence electrons. The van der Waals surface area contributed by atoms with E-state index < -0.39 is 38.5 Å². The predicted octanol–water partition coefficient (Wildman–Crippen LogP) is 24.2. The molecule has 6 aromatic carbocycles. The van der Waals surface area contributed by atoms with Crippen LogP contribution in [0.15, 0.2) is 172 Å². The van der Waals surface area contributed by atoms with Crippen molar-refractivity contribution >= 4 is 146 Å². The van der Waals surface area contributed by atoms with Crippen molar-refractivity contribution in [1.29, 1.82) is 0 Å². The van der Waals surface area contributed by atoms with E-state index in [1.165, 1.54) is 122 Å². The molecule has 4 amide bonds. The van der Waals surface area contributed by atoms with Crippen LogP contribution in [0.3, 0.4) is 0 Å². The fourth-order valence-corrected chi connectivity index (χ4v) is 24.5. The summed E-state index contributed by atoms with van der Waals surface area (Å²) in [6.07, 6.45) is 28.7. The number of amides is 4. The van der Waals surface area contributed by atoms with E-state index in [-0.39, 0.29) is 71.8 Å². The minimum atomic E-state index is -4.67. The Hall–Kier alpha value is -5.15. The summed E-state index contributed by atoms with van der Waals surface area (Å²) in [5.74, 6) is 4.29. The van der Waals surface area contributed by atoms with Gasteiger partial charge in [0.25, 0.3) is 17.7 Å². The van der Waals surface area contributed by atoms with Gasteiger partial charge in [0, 0.05) is 106 Å². The number of benzene rings is 6. The molecule has 10 aliphatic heterocycles. The highest BCUT2D eigenvalue weighted by Gasteiger charge is 2.61. The number of nitrogens with zero attached hydrogens (tertiary/aromatic N) is 4. The molecule has 22 rings (SSSR count). The maximum Gasteiger partial charge on any atom is 0.410 e. The Bertz CT molecular complexity index is 4830. The molecule has 16 aliphatic rings. The maximum atomic E-state index is 12.4. The summed E-state index contributed by atoms with van der Waals surface area (Å²) >= 11 is 21.0. The molecule has 140 heavy (non-hydrogen) atoms. The van der Waals surface area contributed by atoms with Crippen LogP contribution in [0.1, 0.15) is 286 Å². The molecule has 25 nitrogen and oxygen atoms in total. The van der Waals surface area contributed by atoms with Gasteiger partial charge in [-0.3, -0.25) is 32.6 Å².